The molecule has 0 N–H and O–H groups in total. The zero-order valence-corrected chi connectivity index (χ0v) is 7.53. The maximum Gasteiger partial charge on any atom is 0.509 e. The highest BCUT2D eigenvalue weighted by molar-refractivity contribution is 6.73. The average molecular weight is 212 g/mol. The van der Waals surface area contributed by atoms with Crippen LogP contribution >= 0.6 is 0 Å². The average Bonchev–Trinajstić information content (AvgIpc) is 2.69. The lowest BCUT2D eigenvalue weighted by Gasteiger charge is -2.14. The lowest BCUT2D eigenvalue weighted by Crippen LogP contribution is -2.33. The second kappa shape index (κ2) is 3.45. The van der Waals surface area contributed by atoms with E-state index in [9.17, 15) is 12.9 Å². The molecule has 0 aliphatic carbocycles. The third-order valence-corrected chi connectivity index (χ3v) is 2.05. The molecule has 0 unspecified atom stereocenters. The van der Waals surface area contributed by atoms with E-state index in [1.165, 1.54) is 24.6 Å². The Hall–Kier alpha value is -1.72. The van der Waals surface area contributed by atoms with E-state index >= 15 is 0 Å². The summed E-state index contributed by atoms with van der Waals surface area (Å²) in [6, 6.07) is 4.92. The highest BCUT2D eigenvalue weighted by Gasteiger charge is 2.24. The van der Waals surface area contributed by atoms with Gasteiger partial charge in [-0.1, -0.05) is 29.4 Å². The van der Waals surface area contributed by atoms with E-state index in [1.807, 2.05) is 0 Å². The van der Waals surface area contributed by atoms with E-state index in [4.69, 9.17) is 0 Å². The van der Waals surface area contributed by atoms with Gasteiger partial charge in [0.05, 0.1) is 6.20 Å². The van der Waals surface area contributed by atoms with Gasteiger partial charge >= 0.3 is 6.98 Å². The summed E-state index contributed by atoms with van der Waals surface area (Å²) in [5.41, 5.74) is 0.714. The van der Waals surface area contributed by atoms with Crippen LogP contribution in [0, 0.1) is 0 Å². The minimum Gasteiger partial charge on any atom is -0.445 e. The van der Waals surface area contributed by atoms with Crippen molar-refractivity contribution in [2.24, 2.45) is 0 Å². The molecule has 6 heteroatoms. The molecular weight excluding hydrogens is 206 g/mol. The van der Waals surface area contributed by atoms with Gasteiger partial charge in [-0.2, -0.15) is 0 Å². The Labute approximate surface area is 83.8 Å². The third kappa shape index (κ3) is 2.03. The SMILES string of the molecule is F[B-](F)(F)c1ccc(-c2cnoc2)cc1. The van der Waals surface area contributed by atoms with Crippen LogP contribution in [-0.4, -0.2) is 12.1 Å². The van der Waals surface area contributed by atoms with Crippen molar-refractivity contribution >= 4 is 12.4 Å². The van der Waals surface area contributed by atoms with Gasteiger partial charge in [-0.3, -0.25) is 0 Å². The third-order valence-electron chi connectivity index (χ3n) is 2.05. The lowest BCUT2D eigenvalue weighted by molar-refractivity contribution is 0.420. The molecule has 0 aliphatic rings. The number of rotatable bonds is 2. The molecule has 0 saturated heterocycles. The summed E-state index contributed by atoms with van der Waals surface area (Å²) in [6.07, 6.45) is 2.83. The minimum absolute atomic E-state index is 0.602. The summed E-state index contributed by atoms with van der Waals surface area (Å²) in [4.78, 5) is 0. The Morgan fingerprint density at radius 1 is 1.00 bits per heavy atom. The summed E-state index contributed by atoms with van der Waals surface area (Å²) in [5, 5.41) is 3.48. The summed E-state index contributed by atoms with van der Waals surface area (Å²) in [5.74, 6) is 0. The molecule has 0 saturated carbocycles. The second-order valence-electron chi connectivity index (χ2n) is 3.11. The van der Waals surface area contributed by atoms with Crippen LogP contribution in [0.3, 0.4) is 0 Å². The van der Waals surface area contributed by atoms with Gasteiger partial charge in [0.15, 0.2) is 0 Å². The maximum atomic E-state index is 12.3. The Morgan fingerprint density at radius 2 is 1.67 bits per heavy atom. The lowest BCUT2D eigenvalue weighted by atomic mass is 9.80. The molecule has 0 atom stereocenters. The molecule has 15 heavy (non-hydrogen) atoms. The Morgan fingerprint density at radius 3 is 2.13 bits per heavy atom. The summed E-state index contributed by atoms with van der Waals surface area (Å²) >= 11 is 0. The first kappa shape index (κ1) is 9.83. The molecule has 78 valence electrons. The molecule has 0 amide bonds. The van der Waals surface area contributed by atoms with Gasteiger partial charge in [0.1, 0.15) is 6.26 Å². The van der Waals surface area contributed by atoms with Crippen molar-refractivity contribution < 1.29 is 17.5 Å². The number of hydrogen-bond donors (Lipinski definition) is 0. The van der Waals surface area contributed by atoms with Gasteiger partial charge in [0, 0.05) is 5.56 Å². The second-order valence-corrected chi connectivity index (χ2v) is 3.11. The summed E-state index contributed by atoms with van der Waals surface area (Å²) in [7, 11) is 0. The van der Waals surface area contributed by atoms with E-state index < -0.39 is 12.4 Å². The topological polar surface area (TPSA) is 26.0 Å². The van der Waals surface area contributed by atoms with Crippen molar-refractivity contribution in [1.82, 2.24) is 5.16 Å². The zero-order chi connectivity index (χ0) is 10.9. The first-order valence-corrected chi connectivity index (χ1v) is 4.27. The van der Waals surface area contributed by atoms with Crippen molar-refractivity contribution in [2.45, 2.75) is 0 Å². The van der Waals surface area contributed by atoms with Crippen LogP contribution in [0.2, 0.25) is 0 Å². The highest BCUT2D eigenvalue weighted by atomic mass is 19.4. The Bertz CT molecular complexity index is 435. The molecule has 1 aromatic heterocycles. The van der Waals surface area contributed by atoms with Crippen molar-refractivity contribution in [2.75, 3.05) is 0 Å². The summed E-state index contributed by atoms with van der Waals surface area (Å²) in [6.45, 7) is -4.92. The van der Waals surface area contributed by atoms with Gasteiger partial charge < -0.3 is 17.5 Å². The fraction of sp³-hybridized carbons (Fsp3) is 0. The predicted molar refractivity (Wildman–Crippen MR) is 50.7 cm³/mol. The van der Waals surface area contributed by atoms with Crippen LogP contribution in [0.1, 0.15) is 0 Å². The molecule has 0 radical (unpaired) electrons. The van der Waals surface area contributed by atoms with Crippen LogP contribution in [0.4, 0.5) is 12.9 Å². The van der Waals surface area contributed by atoms with Crippen LogP contribution in [0.5, 0.6) is 0 Å². The number of nitrogens with zero attached hydrogens (tertiary/aromatic N) is 1. The van der Waals surface area contributed by atoms with E-state index in [2.05, 4.69) is 9.68 Å². The van der Waals surface area contributed by atoms with Crippen LogP contribution in [0.25, 0.3) is 11.1 Å². The number of aromatic nitrogens is 1. The fourth-order valence-electron chi connectivity index (χ4n) is 1.24. The molecule has 0 bridgehead atoms. The molecule has 2 aromatic rings. The Kier molecular flexibility index (Phi) is 2.26. The molecule has 0 fully saturated rings. The standard InChI is InChI=1S/C9H6BF3NO/c11-10(12,13)9-3-1-7(2-4-9)8-5-14-15-6-8/h1-6H/q-1. The number of benzene rings is 1. The molecule has 0 aliphatic heterocycles. The number of hydrogen-bond acceptors (Lipinski definition) is 2. The molecular formula is C9H6BF3NO-. The van der Waals surface area contributed by atoms with Crippen molar-refractivity contribution in [3.05, 3.63) is 36.7 Å². The van der Waals surface area contributed by atoms with Gasteiger partial charge in [-0.25, -0.2) is 0 Å². The normalized spacial score (nSPS) is 11.7. The Balaban J connectivity index is 2.33. The van der Waals surface area contributed by atoms with Crippen LogP contribution < -0.4 is 5.46 Å². The van der Waals surface area contributed by atoms with Gasteiger partial charge in [0.2, 0.25) is 0 Å². The van der Waals surface area contributed by atoms with Gasteiger partial charge in [-0.05, 0) is 5.56 Å². The zero-order valence-electron chi connectivity index (χ0n) is 7.53. The minimum atomic E-state index is -4.92. The monoisotopic (exact) mass is 212 g/mol. The largest absolute Gasteiger partial charge is 0.509 e. The number of halogens is 3. The van der Waals surface area contributed by atoms with E-state index in [-0.39, 0.29) is 0 Å². The van der Waals surface area contributed by atoms with E-state index in [0.717, 1.165) is 12.1 Å². The quantitative estimate of drug-likeness (QED) is 0.714. The van der Waals surface area contributed by atoms with E-state index in [0.29, 0.717) is 11.1 Å². The molecule has 1 aromatic carbocycles. The molecule has 2 rings (SSSR count). The van der Waals surface area contributed by atoms with Crippen LogP contribution in [-0.2, 0) is 0 Å². The van der Waals surface area contributed by atoms with Gasteiger partial charge in [-0.15, -0.1) is 5.46 Å². The first-order valence-electron chi connectivity index (χ1n) is 4.27. The highest BCUT2D eigenvalue weighted by Crippen LogP contribution is 2.18. The first-order chi connectivity index (χ1) is 7.07. The van der Waals surface area contributed by atoms with Crippen molar-refractivity contribution in [1.29, 1.82) is 0 Å². The maximum absolute atomic E-state index is 12.3. The predicted octanol–water partition coefficient (Wildman–Crippen LogP) is 2.40. The van der Waals surface area contributed by atoms with E-state index in [1.54, 1.807) is 0 Å². The fourth-order valence-corrected chi connectivity index (χ4v) is 1.24. The van der Waals surface area contributed by atoms with Gasteiger partial charge in [0.25, 0.3) is 0 Å². The smallest absolute Gasteiger partial charge is 0.445 e. The van der Waals surface area contributed by atoms with Crippen molar-refractivity contribution in [3.63, 3.8) is 0 Å². The summed E-state index contributed by atoms with van der Waals surface area (Å²) < 4.78 is 41.5. The molecule has 0 spiro atoms. The molecule has 1 heterocycles. The van der Waals surface area contributed by atoms with Crippen molar-refractivity contribution in [3.8, 4) is 11.1 Å². The molecule has 2 nitrogen and oxygen atoms in total. The van der Waals surface area contributed by atoms with Crippen LogP contribution in [0.15, 0.2) is 41.2 Å².